The van der Waals surface area contributed by atoms with Crippen LogP contribution in [0.2, 0.25) is 0 Å². The van der Waals surface area contributed by atoms with Crippen LogP contribution in [-0.4, -0.2) is 34.7 Å². The van der Waals surface area contributed by atoms with E-state index in [-0.39, 0.29) is 0 Å². The number of hydrogen-bond donors (Lipinski definition) is 1. The molecule has 0 spiro atoms. The number of benzene rings is 1. The SMILES string of the molecule is CN1CCc2cc3cc(O)ccc3n2CC1. The zero-order chi connectivity index (χ0) is 11.1. The Labute approximate surface area is 94.9 Å². The van der Waals surface area contributed by atoms with E-state index in [1.807, 2.05) is 12.1 Å². The summed E-state index contributed by atoms with van der Waals surface area (Å²) >= 11 is 0. The molecule has 0 amide bonds. The van der Waals surface area contributed by atoms with Gasteiger partial charge in [0.2, 0.25) is 0 Å². The number of phenolic OH excluding ortho intramolecular Hbond substituents is 1. The second-order valence-corrected chi connectivity index (χ2v) is 4.58. The fourth-order valence-electron chi connectivity index (χ4n) is 2.47. The fourth-order valence-corrected chi connectivity index (χ4v) is 2.47. The van der Waals surface area contributed by atoms with Crippen LogP contribution in [0.1, 0.15) is 5.69 Å². The maximum absolute atomic E-state index is 9.47. The van der Waals surface area contributed by atoms with E-state index in [4.69, 9.17) is 0 Å². The summed E-state index contributed by atoms with van der Waals surface area (Å²) in [7, 11) is 2.17. The molecule has 1 aromatic carbocycles. The van der Waals surface area contributed by atoms with E-state index in [2.05, 4.69) is 22.6 Å². The summed E-state index contributed by atoms with van der Waals surface area (Å²) in [6.45, 7) is 3.25. The first-order chi connectivity index (χ1) is 7.74. The third kappa shape index (κ3) is 1.48. The van der Waals surface area contributed by atoms with Gasteiger partial charge >= 0.3 is 0 Å². The molecular weight excluding hydrogens is 200 g/mol. The van der Waals surface area contributed by atoms with Crippen molar-refractivity contribution >= 4 is 10.9 Å². The molecule has 2 aromatic rings. The summed E-state index contributed by atoms with van der Waals surface area (Å²) < 4.78 is 2.37. The average Bonchev–Trinajstić information content (AvgIpc) is 2.50. The molecule has 0 aliphatic carbocycles. The Morgan fingerprint density at radius 2 is 2.00 bits per heavy atom. The van der Waals surface area contributed by atoms with Gasteiger partial charge < -0.3 is 14.6 Å². The molecule has 1 aliphatic heterocycles. The number of phenols is 1. The van der Waals surface area contributed by atoms with E-state index < -0.39 is 0 Å². The molecule has 84 valence electrons. The van der Waals surface area contributed by atoms with Crippen LogP contribution in [0.4, 0.5) is 0 Å². The lowest BCUT2D eigenvalue weighted by Gasteiger charge is -2.11. The summed E-state index contributed by atoms with van der Waals surface area (Å²) in [6.07, 6.45) is 1.09. The monoisotopic (exact) mass is 216 g/mol. The third-order valence-corrected chi connectivity index (χ3v) is 3.43. The molecular formula is C13H16N2O. The van der Waals surface area contributed by atoms with Gasteiger partial charge in [-0.3, -0.25) is 0 Å². The van der Waals surface area contributed by atoms with Gasteiger partial charge in [0.25, 0.3) is 0 Å². The highest BCUT2D eigenvalue weighted by atomic mass is 16.3. The van der Waals surface area contributed by atoms with Crippen LogP contribution in [-0.2, 0) is 13.0 Å². The first kappa shape index (κ1) is 9.73. The minimum atomic E-state index is 0.352. The Hall–Kier alpha value is -1.48. The predicted molar refractivity (Wildman–Crippen MR) is 64.8 cm³/mol. The highest BCUT2D eigenvalue weighted by molar-refractivity contribution is 5.82. The standard InChI is InChI=1S/C13H16N2O/c1-14-5-4-11-8-10-9-12(16)2-3-13(10)15(11)7-6-14/h2-3,8-9,16H,4-7H2,1H3. The maximum atomic E-state index is 9.47. The minimum absolute atomic E-state index is 0.352. The molecule has 3 rings (SSSR count). The Morgan fingerprint density at radius 1 is 1.12 bits per heavy atom. The van der Waals surface area contributed by atoms with Crippen LogP contribution >= 0.6 is 0 Å². The topological polar surface area (TPSA) is 28.4 Å². The molecule has 0 bridgehead atoms. The predicted octanol–water partition coefficient (Wildman–Crippen LogP) is 1.83. The second kappa shape index (κ2) is 3.52. The molecule has 1 N–H and O–H groups in total. The number of aromatic hydroxyl groups is 1. The summed E-state index contributed by atoms with van der Waals surface area (Å²) in [5.74, 6) is 0.352. The van der Waals surface area contributed by atoms with Gasteiger partial charge in [0.15, 0.2) is 0 Å². The van der Waals surface area contributed by atoms with Gasteiger partial charge in [0.1, 0.15) is 5.75 Å². The quantitative estimate of drug-likeness (QED) is 0.727. The minimum Gasteiger partial charge on any atom is -0.508 e. The molecule has 0 unspecified atom stereocenters. The summed E-state index contributed by atoms with van der Waals surface area (Å²) in [4.78, 5) is 2.36. The molecule has 16 heavy (non-hydrogen) atoms. The van der Waals surface area contributed by atoms with E-state index in [9.17, 15) is 5.11 Å². The molecule has 1 aliphatic rings. The van der Waals surface area contributed by atoms with Gasteiger partial charge in [-0.25, -0.2) is 0 Å². The van der Waals surface area contributed by atoms with E-state index in [1.165, 1.54) is 11.2 Å². The molecule has 0 fully saturated rings. The molecule has 2 heterocycles. The summed E-state index contributed by atoms with van der Waals surface area (Å²) in [5.41, 5.74) is 2.62. The van der Waals surface area contributed by atoms with Crippen molar-refractivity contribution in [1.82, 2.24) is 9.47 Å². The lowest BCUT2D eigenvalue weighted by molar-refractivity contribution is 0.343. The van der Waals surface area contributed by atoms with Gasteiger partial charge in [-0.1, -0.05) is 0 Å². The lowest BCUT2D eigenvalue weighted by atomic mass is 10.2. The summed E-state index contributed by atoms with van der Waals surface area (Å²) in [5, 5.41) is 10.6. The first-order valence-electron chi connectivity index (χ1n) is 5.74. The number of likely N-dealkylation sites (N-methyl/N-ethyl adjacent to an activating group) is 1. The number of rotatable bonds is 0. The van der Waals surface area contributed by atoms with Crippen molar-refractivity contribution < 1.29 is 5.11 Å². The van der Waals surface area contributed by atoms with Crippen molar-refractivity contribution in [3.8, 4) is 5.75 Å². The number of aromatic nitrogens is 1. The Balaban J connectivity index is 2.15. The zero-order valence-corrected chi connectivity index (χ0v) is 9.48. The van der Waals surface area contributed by atoms with Crippen LogP contribution in [0.5, 0.6) is 5.75 Å². The van der Waals surface area contributed by atoms with Crippen LogP contribution in [0.3, 0.4) is 0 Å². The lowest BCUT2D eigenvalue weighted by Crippen LogP contribution is -2.21. The van der Waals surface area contributed by atoms with Crippen molar-refractivity contribution in [1.29, 1.82) is 0 Å². The van der Waals surface area contributed by atoms with E-state index in [0.29, 0.717) is 5.75 Å². The normalized spacial score (nSPS) is 17.3. The molecule has 0 saturated carbocycles. The second-order valence-electron chi connectivity index (χ2n) is 4.58. The van der Waals surface area contributed by atoms with Crippen molar-refractivity contribution in [3.05, 3.63) is 30.0 Å². The number of fused-ring (bicyclic) bond motifs is 3. The van der Waals surface area contributed by atoms with Crippen LogP contribution in [0.25, 0.3) is 10.9 Å². The number of hydrogen-bond acceptors (Lipinski definition) is 2. The van der Waals surface area contributed by atoms with Gasteiger partial charge in [-0.2, -0.15) is 0 Å². The average molecular weight is 216 g/mol. The Kier molecular flexibility index (Phi) is 2.14. The highest BCUT2D eigenvalue weighted by Gasteiger charge is 2.13. The molecule has 0 saturated heterocycles. The first-order valence-corrected chi connectivity index (χ1v) is 5.74. The molecule has 0 atom stereocenters. The van der Waals surface area contributed by atoms with Crippen LogP contribution in [0.15, 0.2) is 24.3 Å². The largest absolute Gasteiger partial charge is 0.508 e. The van der Waals surface area contributed by atoms with Gasteiger partial charge in [-0.05, 0) is 31.3 Å². The molecule has 1 aromatic heterocycles. The summed E-state index contributed by atoms with van der Waals surface area (Å²) in [6, 6.07) is 7.83. The zero-order valence-electron chi connectivity index (χ0n) is 9.48. The third-order valence-electron chi connectivity index (χ3n) is 3.43. The van der Waals surface area contributed by atoms with Gasteiger partial charge in [0, 0.05) is 42.7 Å². The van der Waals surface area contributed by atoms with Crippen molar-refractivity contribution in [2.75, 3.05) is 20.1 Å². The van der Waals surface area contributed by atoms with Gasteiger partial charge in [0.05, 0.1) is 0 Å². The van der Waals surface area contributed by atoms with Crippen LogP contribution < -0.4 is 0 Å². The van der Waals surface area contributed by atoms with Crippen molar-refractivity contribution in [2.45, 2.75) is 13.0 Å². The smallest absolute Gasteiger partial charge is 0.116 e. The van der Waals surface area contributed by atoms with E-state index in [0.717, 1.165) is 31.4 Å². The maximum Gasteiger partial charge on any atom is 0.116 e. The molecule has 0 radical (unpaired) electrons. The molecule has 3 heteroatoms. The Bertz CT molecular complexity index is 530. The fraction of sp³-hybridized carbons (Fsp3) is 0.385. The van der Waals surface area contributed by atoms with Crippen molar-refractivity contribution in [2.24, 2.45) is 0 Å². The van der Waals surface area contributed by atoms with Crippen molar-refractivity contribution in [3.63, 3.8) is 0 Å². The van der Waals surface area contributed by atoms with E-state index >= 15 is 0 Å². The Morgan fingerprint density at radius 3 is 2.88 bits per heavy atom. The molecule has 3 nitrogen and oxygen atoms in total. The van der Waals surface area contributed by atoms with Gasteiger partial charge in [-0.15, -0.1) is 0 Å². The highest BCUT2D eigenvalue weighted by Crippen LogP contribution is 2.25. The number of nitrogens with zero attached hydrogens (tertiary/aromatic N) is 2. The van der Waals surface area contributed by atoms with E-state index in [1.54, 1.807) is 6.07 Å². The van der Waals surface area contributed by atoms with Crippen LogP contribution in [0, 0.1) is 0 Å².